The summed E-state index contributed by atoms with van der Waals surface area (Å²) in [4.78, 5) is 15.4. The van der Waals surface area contributed by atoms with Crippen molar-refractivity contribution in [2.75, 3.05) is 19.0 Å². The van der Waals surface area contributed by atoms with Gasteiger partial charge in [0.05, 0.1) is 18.2 Å². The molecule has 21 heavy (non-hydrogen) atoms. The molecule has 0 aliphatic carbocycles. The summed E-state index contributed by atoms with van der Waals surface area (Å²) in [5, 5.41) is 13.5. The van der Waals surface area contributed by atoms with Crippen LogP contribution in [0.25, 0.3) is 10.9 Å². The van der Waals surface area contributed by atoms with E-state index in [4.69, 9.17) is 4.74 Å². The molecule has 5 nitrogen and oxygen atoms in total. The summed E-state index contributed by atoms with van der Waals surface area (Å²) in [5.74, 6) is -0.679. The molecule has 0 aliphatic heterocycles. The second kappa shape index (κ2) is 6.54. The van der Waals surface area contributed by atoms with Gasteiger partial charge in [-0.2, -0.15) is 0 Å². The Bertz CT molecular complexity index is 640. The molecule has 1 aromatic carbocycles. The van der Waals surface area contributed by atoms with Crippen LogP contribution in [0, 0.1) is 5.92 Å². The van der Waals surface area contributed by atoms with Crippen LogP contribution in [0.4, 0.5) is 5.69 Å². The predicted molar refractivity (Wildman–Crippen MR) is 82.8 cm³/mol. The van der Waals surface area contributed by atoms with Gasteiger partial charge in [0.15, 0.2) is 5.69 Å². The number of methoxy groups -OCH3 is 1. The highest BCUT2D eigenvalue weighted by Crippen LogP contribution is 2.25. The lowest BCUT2D eigenvalue weighted by Gasteiger charge is -2.23. The number of ether oxygens (including phenoxy) is 1. The lowest BCUT2D eigenvalue weighted by atomic mass is 10.0. The number of aromatic nitrogens is 1. The summed E-state index contributed by atoms with van der Waals surface area (Å²) >= 11 is 0. The molecule has 0 amide bonds. The molecular weight excluding hydrogens is 268 g/mol. The maximum absolute atomic E-state index is 11.2. The Labute approximate surface area is 124 Å². The molecule has 0 spiro atoms. The Kier molecular flexibility index (Phi) is 4.75. The number of fused-ring (bicyclic) bond motifs is 1. The number of pyridine rings is 1. The number of hydrogen-bond donors (Lipinski definition) is 2. The van der Waals surface area contributed by atoms with Crippen LogP contribution in [-0.2, 0) is 4.74 Å². The zero-order valence-corrected chi connectivity index (χ0v) is 12.5. The van der Waals surface area contributed by atoms with Crippen LogP contribution >= 0.6 is 0 Å². The fourth-order valence-electron chi connectivity index (χ4n) is 2.18. The average molecular weight is 288 g/mol. The zero-order valence-electron chi connectivity index (χ0n) is 12.5. The third kappa shape index (κ3) is 3.49. The highest BCUT2D eigenvalue weighted by Gasteiger charge is 2.16. The van der Waals surface area contributed by atoms with Crippen molar-refractivity contribution >= 4 is 22.6 Å². The minimum atomic E-state index is -1.03. The van der Waals surface area contributed by atoms with Crippen LogP contribution in [0.3, 0.4) is 0 Å². The zero-order chi connectivity index (χ0) is 15.4. The lowest BCUT2D eigenvalue weighted by molar-refractivity contribution is 0.0691. The highest BCUT2D eigenvalue weighted by molar-refractivity contribution is 5.97. The fraction of sp³-hybridized carbons (Fsp3) is 0.375. The van der Waals surface area contributed by atoms with E-state index in [1.54, 1.807) is 13.2 Å². The molecule has 0 fully saturated rings. The predicted octanol–water partition coefficient (Wildman–Crippen LogP) is 3.02. The van der Waals surface area contributed by atoms with Crippen LogP contribution in [0.2, 0.25) is 0 Å². The molecule has 0 aliphatic rings. The number of carboxylic acid groups (broad SMARTS) is 1. The van der Waals surface area contributed by atoms with Crippen molar-refractivity contribution in [3.63, 3.8) is 0 Å². The summed E-state index contributed by atoms with van der Waals surface area (Å²) < 4.78 is 5.23. The van der Waals surface area contributed by atoms with Crippen molar-refractivity contribution in [1.29, 1.82) is 0 Å². The van der Waals surface area contributed by atoms with Crippen molar-refractivity contribution in [2.45, 2.75) is 19.9 Å². The number of aromatic carboxylic acids is 1. The molecule has 5 heteroatoms. The van der Waals surface area contributed by atoms with Crippen molar-refractivity contribution in [3.05, 3.63) is 36.0 Å². The summed E-state index contributed by atoms with van der Waals surface area (Å²) in [6, 6.07) is 9.18. The molecule has 1 unspecified atom stereocenters. The standard InChI is InChI=1S/C16H20N2O3/c1-10(2)15(9-21-3)18-13-8-14(16(19)20)17-12-7-5-4-6-11(12)13/h4-8,10,15H,9H2,1-3H3,(H,17,18)(H,19,20). The van der Waals surface area contributed by atoms with Gasteiger partial charge in [-0.25, -0.2) is 9.78 Å². The third-order valence-corrected chi connectivity index (χ3v) is 3.43. The number of para-hydroxylation sites is 1. The van der Waals surface area contributed by atoms with Crippen LogP contribution in [0.15, 0.2) is 30.3 Å². The first kappa shape index (κ1) is 15.3. The quantitative estimate of drug-likeness (QED) is 0.855. The molecule has 112 valence electrons. The lowest BCUT2D eigenvalue weighted by Crippen LogP contribution is -2.30. The van der Waals surface area contributed by atoms with E-state index >= 15 is 0 Å². The minimum Gasteiger partial charge on any atom is -0.477 e. The second-order valence-electron chi connectivity index (χ2n) is 5.33. The van der Waals surface area contributed by atoms with Crippen molar-refractivity contribution in [1.82, 2.24) is 4.98 Å². The van der Waals surface area contributed by atoms with Gasteiger partial charge in [0.2, 0.25) is 0 Å². The highest BCUT2D eigenvalue weighted by atomic mass is 16.5. The number of nitrogens with zero attached hydrogens (tertiary/aromatic N) is 1. The Balaban J connectivity index is 2.47. The van der Waals surface area contributed by atoms with Gasteiger partial charge in [-0.3, -0.25) is 0 Å². The van der Waals surface area contributed by atoms with Crippen LogP contribution in [0.1, 0.15) is 24.3 Å². The number of carbonyl (C=O) groups is 1. The first-order valence-corrected chi connectivity index (χ1v) is 6.91. The van der Waals surface area contributed by atoms with Crippen molar-refractivity contribution in [3.8, 4) is 0 Å². The molecular formula is C16H20N2O3. The number of carboxylic acids is 1. The maximum Gasteiger partial charge on any atom is 0.354 e. The molecule has 0 radical (unpaired) electrons. The van der Waals surface area contributed by atoms with Crippen LogP contribution < -0.4 is 5.32 Å². The smallest absolute Gasteiger partial charge is 0.354 e. The molecule has 0 saturated heterocycles. The summed E-state index contributed by atoms with van der Waals surface area (Å²) in [7, 11) is 1.66. The van der Waals surface area contributed by atoms with Gasteiger partial charge in [-0.15, -0.1) is 0 Å². The number of anilines is 1. The Morgan fingerprint density at radius 2 is 2.10 bits per heavy atom. The largest absolute Gasteiger partial charge is 0.477 e. The van der Waals surface area contributed by atoms with E-state index in [1.807, 2.05) is 24.3 Å². The topological polar surface area (TPSA) is 71.5 Å². The van der Waals surface area contributed by atoms with Crippen molar-refractivity contribution in [2.24, 2.45) is 5.92 Å². The van der Waals surface area contributed by atoms with E-state index in [-0.39, 0.29) is 11.7 Å². The maximum atomic E-state index is 11.2. The van der Waals surface area contributed by atoms with Gasteiger partial charge in [0.25, 0.3) is 0 Å². The minimum absolute atomic E-state index is 0.0381. The SMILES string of the molecule is COCC(Nc1cc(C(=O)O)nc2ccccc12)C(C)C. The van der Waals surface area contributed by atoms with Crippen molar-refractivity contribution < 1.29 is 14.6 Å². The Morgan fingerprint density at radius 1 is 1.38 bits per heavy atom. The average Bonchev–Trinajstić information content (AvgIpc) is 2.46. The molecule has 1 aromatic heterocycles. The van der Waals surface area contributed by atoms with E-state index in [1.165, 1.54) is 0 Å². The molecule has 1 heterocycles. The summed E-state index contributed by atoms with van der Waals surface area (Å²) in [6.07, 6.45) is 0. The number of nitrogens with one attached hydrogen (secondary N) is 1. The normalized spacial score (nSPS) is 12.6. The van der Waals surface area contributed by atoms with Crippen LogP contribution in [0.5, 0.6) is 0 Å². The Morgan fingerprint density at radius 3 is 2.71 bits per heavy atom. The molecule has 0 bridgehead atoms. The van der Waals surface area contributed by atoms with Gasteiger partial charge in [-0.1, -0.05) is 32.0 Å². The fourth-order valence-corrected chi connectivity index (χ4v) is 2.18. The van der Waals surface area contributed by atoms with E-state index < -0.39 is 5.97 Å². The number of benzene rings is 1. The Hall–Kier alpha value is -2.14. The van der Waals surface area contributed by atoms with Gasteiger partial charge < -0.3 is 15.2 Å². The van der Waals surface area contributed by atoms with Gasteiger partial charge >= 0.3 is 5.97 Å². The van der Waals surface area contributed by atoms with Gasteiger partial charge in [0.1, 0.15) is 0 Å². The molecule has 1 atom stereocenters. The van der Waals surface area contributed by atoms with E-state index in [0.717, 1.165) is 11.1 Å². The molecule has 0 saturated carbocycles. The first-order chi connectivity index (χ1) is 10.0. The first-order valence-electron chi connectivity index (χ1n) is 6.91. The van der Waals surface area contributed by atoms with E-state index in [0.29, 0.717) is 18.0 Å². The number of hydrogen-bond acceptors (Lipinski definition) is 4. The molecule has 2 N–H and O–H groups in total. The summed E-state index contributed by atoms with van der Waals surface area (Å²) in [6.45, 7) is 4.74. The van der Waals surface area contributed by atoms with Gasteiger partial charge in [-0.05, 0) is 18.1 Å². The number of rotatable bonds is 6. The van der Waals surface area contributed by atoms with Gasteiger partial charge in [0, 0.05) is 18.2 Å². The molecule has 2 aromatic rings. The second-order valence-corrected chi connectivity index (χ2v) is 5.33. The van der Waals surface area contributed by atoms with E-state index in [9.17, 15) is 9.90 Å². The summed E-state index contributed by atoms with van der Waals surface area (Å²) in [5.41, 5.74) is 1.48. The third-order valence-electron chi connectivity index (χ3n) is 3.43. The van der Waals surface area contributed by atoms with Crippen LogP contribution in [-0.4, -0.2) is 35.8 Å². The monoisotopic (exact) mass is 288 g/mol. The molecule has 2 rings (SSSR count). The van der Waals surface area contributed by atoms with E-state index in [2.05, 4.69) is 24.1 Å².